The van der Waals surface area contributed by atoms with Gasteiger partial charge in [0.2, 0.25) is 0 Å². The third kappa shape index (κ3) is 5.38. The number of carbonyl (C=O) groups excluding carboxylic acids is 1. The van der Waals surface area contributed by atoms with E-state index in [1.54, 1.807) is 37.3 Å². The molecule has 0 aliphatic heterocycles. The van der Waals surface area contributed by atoms with Gasteiger partial charge < -0.3 is 9.64 Å². The largest absolute Gasteiger partial charge is 0.516 e. The van der Waals surface area contributed by atoms with Gasteiger partial charge >= 0.3 is 15.5 Å². The molecule has 1 amide bonds. The monoisotopic (exact) mass is 416 g/mol. The number of para-hydroxylation sites is 2. The number of hydrogen-bond acceptors (Lipinski definition) is 4. The van der Waals surface area contributed by atoms with Crippen LogP contribution >= 0.6 is 0 Å². The Labute approximate surface area is 161 Å². The highest BCUT2D eigenvalue weighted by molar-refractivity contribution is 7.93. The Morgan fingerprint density at radius 1 is 1.11 bits per heavy atom. The van der Waals surface area contributed by atoms with Crippen molar-refractivity contribution in [1.82, 2.24) is 4.90 Å². The summed E-state index contributed by atoms with van der Waals surface area (Å²) in [4.78, 5) is 13.7. The van der Waals surface area contributed by atoms with Crippen molar-refractivity contribution < 1.29 is 31.1 Å². The summed E-state index contributed by atoms with van der Waals surface area (Å²) in [6, 6.07) is 14.2. The summed E-state index contributed by atoms with van der Waals surface area (Å²) in [5.41, 5.74) is -5.49. The molecule has 0 aliphatic carbocycles. The molecule has 0 aromatic heterocycles. The van der Waals surface area contributed by atoms with Crippen LogP contribution in [0, 0.1) is 0 Å². The van der Waals surface area contributed by atoms with Crippen LogP contribution in [0.2, 0.25) is 0 Å². The van der Waals surface area contributed by atoms with E-state index in [2.05, 4.69) is 0 Å². The summed E-state index contributed by atoms with van der Waals surface area (Å²) in [5, 5.41) is 0. The van der Waals surface area contributed by atoms with Crippen molar-refractivity contribution in [3.05, 3.63) is 60.2 Å². The van der Waals surface area contributed by atoms with E-state index in [0.29, 0.717) is 5.75 Å². The van der Waals surface area contributed by atoms with Gasteiger partial charge in [0.05, 0.1) is 5.69 Å². The molecule has 2 aromatic carbocycles. The van der Waals surface area contributed by atoms with Crippen LogP contribution in [0.1, 0.15) is 12.5 Å². The Morgan fingerprint density at radius 2 is 1.68 bits per heavy atom. The van der Waals surface area contributed by atoms with Gasteiger partial charge in [-0.05, 0) is 30.7 Å². The zero-order valence-electron chi connectivity index (χ0n) is 15.1. The first-order valence-corrected chi connectivity index (χ1v) is 9.63. The van der Waals surface area contributed by atoms with Crippen LogP contribution in [0.15, 0.2) is 54.6 Å². The summed E-state index contributed by atoms with van der Waals surface area (Å²) in [6.45, 7) is 1.43. The van der Waals surface area contributed by atoms with Gasteiger partial charge in [0, 0.05) is 13.6 Å². The van der Waals surface area contributed by atoms with Gasteiger partial charge in [0.1, 0.15) is 5.75 Å². The number of nitrogens with zero attached hydrogens (tertiary/aromatic N) is 1. The lowest BCUT2D eigenvalue weighted by molar-refractivity contribution is -0.137. The molecule has 2 aromatic rings. The van der Waals surface area contributed by atoms with Gasteiger partial charge in [-0.3, -0.25) is 9.52 Å². The Hall–Kier alpha value is -2.75. The van der Waals surface area contributed by atoms with E-state index in [1.807, 2.05) is 0 Å². The maximum atomic E-state index is 12.6. The van der Waals surface area contributed by atoms with Crippen molar-refractivity contribution in [3.8, 4) is 5.75 Å². The number of alkyl halides is 3. The Morgan fingerprint density at radius 3 is 2.29 bits per heavy atom. The minimum atomic E-state index is -5.56. The normalized spacial score (nSPS) is 12.9. The van der Waals surface area contributed by atoms with Gasteiger partial charge in [-0.2, -0.15) is 21.6 Å². The van der Waals surface area contributed by atoms with Crippen LogP contribution in [0.25, 0.3) is 0 Å². The van der Waals surface area contributed by atoms with E-state index in [9.17, 15) is 26.4 Å². The molecule has 0 fully saturated rings. The molecular weight excluding hydrogens is 397 g/mol. The van der Waals surface area contributed by atoms with Crippen molar-refractivity contribution >= 4 is 21.6 Å². The number of likely N-dealkylation sites (N-methyl/N-ethyl adjacent to an activating group) is 1. The smallest absolute Gasteiger partial charge is 0.481 e. The quantitative estimate of drug-likeness (QED) is 0.751. The lowest BCUT2D eigenvalue weighted by atomic mass is 10.1. The van der Waals surface area contributed by atoms with Gasteiger partial charge in [0.15, 0.2) is 6.10 Å². The maximum absolute atomic E-state index is 12.6. The first-order valence-electron chi connectivity index (χ1n) is 8.15. The molecule has 152 valence electrons. The molecule has 0 heterocycles. The molecule has 0 saturated heterocycles. The molecule has 1 unspecified atom stereocenters. The van der Waals surface area contributed by atoms with Gasteiger partial charge in [-0.1, -0.05) is 36.4 Å². The van der Waals surface area contributed by atoms with Crippen molar-refractivity contribution in [1.29, 1.82) is 0 Å². The highest BCUT2D eigenvalue weighted by Crippen LogP contribution is 2.27. The molecule has 1 N–H and O–H groups in total. The number of anilines is 1. The number of carbonyl (C=O) groups is 1. The molecule has 10 heteroatoms. The van der Waals surface area contributed by atoms with E-state index in [4.69, 9.17) is 4.74 Å². The minimum absolute atomic E-state index is 0.113. The molecule has 0 radical (unpaired) electrons. The van der Waals surface area contributed by atoms with Gasteiger partial charge in [0.25, 0.3) is 5.91 Å². The van der Waals surface area contributed by atoms with Crippen LogP contribution in [0.4, 0.5) is 18.9 Å². The van der Waals surface area contributed by atoms with Crippen molar-refractivity contribution in [2.24, 2.45) is 0 Å². The molecule has 0 aliphatic rings. The van der Waals surface area contributed by atoms with Crippen LogP contribution < -0.4 is 9.46 Å². The third-order valence-corrected chi connectivity index (χ3v) is 4.85. The Bertz CT molecular complexity index is 918. The Kier molecular flexibility index (Phi) is 6.55. The fourth-order valence-corrected chi connectivity index (χ4v) is 2.96. The molecule has 2 rings (SSSR count). The van der Waals surface area contributed by atoms with Crippen molar-refractivity contribution in [2.75, 3.05) is 11.8 Å². The first-order chi connectivity index (χ1) is 13.0. The number of hydrogen-bond donors (Lipinski definition) is 1. The topological polar surface area (TPSA) is 75.7 Å². The molecule has 6 nitrogen and oxygen atoms in total. The van der Waals surface area contributed by atoms with Crippen LogP contribution in [0.5, 0.6) is 5.75 Å². The zero-order valence-corrected chi connectivity index (χ0v) is 15.9. The molecular formula is C18H19F3N2O4S. The van der Waals surface area contributed by atoms with Crippen LogP contribution in [-0.2, 0) is 21.4 Å². The summed E-state index contributed by atoms with van der Waals surface area (Å²) >= 11 is 0. The second-order valence-corrected chi connectivity index (χ2v) is 7.65. The van der Waals surface area contributed by atoms with Crippen molar-refractivity contribution in [2.45, 2.75) is 25.1 Å². The SMILES string of the molecule is CC(Oc1ccccc1)C(=O)N(C)Cc1ccccc1NS(=O)(=O)C(F)(F)F. The average molecular weight is 416 g/mol. The molecule has 0 saturated carbocycles. The van der Waals surface area contributed by atoms with Crippen LogP contribution in [0.3, 0.4) is 0 Å². The predicted octanol–water partition coefficient (Wildman–Crippen LogP) is 3.37. The van der Waals surface area contributed by atoms with Crippen LogP contribution in [-0.4, -0.2) is 37.9 Å². The fraction of sp³-hybridized carbons (Fsp3) is 0.278. The van der Waals surface area contributed by atoms with Gasteiger partial charge in [-0.15, -0.1) is 0 Å². The fourth-order valence-electron chi connectivity index (χ4n) is 2.36. The summed E-state index contributed by atoms with van der Waals surface area (Å²) in [5.74, 6) is 0.0763. The van der Waals surface area contributed by atoms with E-state index in [-0.39, 0.29) is 17.8 Å². The van der Waals surface area contributed by atoms with E-state index >= 15 is 0 Å². The third-order valence-electron chi connectivity index (χ3n) is 3.75. The molecule has 0 spiro atoms. The van der Waals surface area contributed by atoms with Crippen molar-refractivity contribution in [3.63, 3.8) is 0 Å². The number of rotatable bonds is 7. The van der Waals surface area contributed by atoms with E-state index in [1.165, 1.54) is 40.9 Å². The van der Waals surface area contributed by atoms with E-state index in [0.717, 1.165) is 0 Å². The number of nitrogens with one attached hydrogen (secondary N) is 1. The molecule has 1 atom stereocenters. The lowest BCUT2D eigenvalue weighted by Gasteiger charge is -2.23. The standard InChI is InChI=1S/C18H19F3N2O4S/c1-13(27-15-9-4-3-5-10-15)17(24)23(2)12-14-8-6-7-11-16(14)22-28(25,26)18(19,20)21/h3-11,13,22H,12H2,1-2H3. The maximum Gasteiger partial charge on any atom is 0.516 e. The first kappa shape index (κ1) is 21.5. The number of amides is 1. The number of ether oxygens (including phenoxy) is 1. The Balaban J connectivity index is 2.11. The number of benzene rings is 2. The second kappa shape index (κ2) is 8.51. The summed E-state index contributed by atoms with van der Waals surface area (Å²) in [7, 11) is -4.12. The number of halogens is 3. The second-order valence-electron chi connectivity index (χ2n) is 5.98. The predicted molar refractivity (Wildman–Crippen MR) is 98.0 cm³/mol. The average Bonchev–Trinajstić information content (AvgIpc) is 2.62. The summed E-state index contributed by atoms with van der Waals surface area (Å²) in [6.07, 6.45) is -0.841. The highest BCUT2D eigenvalue weighted by Gasteiger charge is 2.46. The van der Waals surface area contributed by atoms with Gasteiger partial charge in [-0.25, -0.2) is 0 Å². The molecule has 0 bridgehead atoms. The summed E-state index contributed by atoms with van der Waals surface area (Å²) < 4.78 is 67.7. The molecule has 28 heavy (non-hydrogen) atoms. The van der Waals surface area contributed by atoms with E-state index < -0.39 is 27.5 Å². The highest BCUT2D eigenvalue weighted by atomic mass is 32.2. The minimum Gasteiger partial charge on any atom is -0.481 e. The zero-order chi connectivity index (χ0) is 20.9. The number of sulfonamides is 1. The lowest BCUT2D eigenvalue weighted by Crippen LogP contribution is -2.37.